The smallest absolute Gasteiger partial charge is 0.404 e. The molecule has 0 bridgehead atoms. The maximum Gasteiger partial charge on any atom is 0.404 e. The van der Waals surface area contributed by atoms with Crippen molar-refractivity contribution in [3.8, 4) is 0 Å². The number of rotatable bonds is 8. The predicted octanol–water partition coefficient (Wildman–Crippen LogP) is 0.661. The molecular formula is C11H24N2O4. The van der Waals surface area contributed by atoms with Crippen molar-refractivity contribution in [3.05, 3.63) is 0 Å². The molecule has 0 saturated carbocycles. The highest BCUT2D eigenvalue weighted by molar-refractivity contribution is 5.64. The van der Waals surface area contributed by atoms with E-state index >= 15 is 0 Å². The van der Waals surface area contributed by atoms with Crippen molar-refractivity contribution < 1.29 is 19.4 Å². The Morgan fingerprint density at radius 3 is 2.47 bits per heavy atom. The number of carbonyl (C=O) groups is 1. The van der Waals surface area contributed by atoms with Gasteiger partial charge in [0.05, 0.1) is 25.9 Å². The van der Waals surface area contributed by atoms with Gasteiger partial charge >= 0.3 is 6.09 Å². The molecule has 0 rings (SSSR count). The topological polar surface area (TPSA) is 93.8 Å². The van der Waals surface area contributed by atoms with Gasteiger partial charge in [0.1, 0.15) is 0 Å². The average molecular weight is 248 g/mol. The Morgan fingerprint density at radius 2 is 2.00 bits per heavy atom. The summed E-state index contributed by atoms with van der Waals surface area (Å²) in [6.07, 6.45) is -1.22. The van der Waals surface area contributed by atoms with Crippen LogP contribution in [0.15, 0.2) is 0 Å². The first-order chi connectivity index (χ1) is 7.88. The van der Waals surface area contributed by atoms with E-state index in [1.807, 2.05) is 20.8 Å². The van der Waals surface area contributed by atoms with Gasteiger partial charge in [-0.05, 0) is 5.41 Å². The summed E-state index contributed by atoms with van der Waals surface area (Å²) >= 11 is 0. The molecule has 0 aromatic rings. The molecule has 0 fully saturated rings. The van der Waals surface area contributed by atoms with Crippen molar-refractivity contribution in [2.24, 2.45) is 11.1 Å². The highest BCUT2D eigenvalue weighted by Crippen LogP contribution is 2.21. The summed E-state index contributed by atoms with van der Waals surface area (Å²) in [5.74, 6) is 0. The van der Waals surface area contributed by atoms with Gasteiger partial charge in [-0.3, -0.25) is 0 Å². The fraction of sp³-hybridized carbons (Fsp3) is 0.909. The van der Waals surface area contributed by atoms with Crippen LogP contribution in [0, 0.1) is 5.41 Å². The van der Waals surface area contributed by atoms with Crippen LogP contribution in [0.5, 0.6) is 0 Å². The minimum atomic E-state index is -1.04. The van der Waals surface area contributed by atoms with E-state index in [0.29, 0.717) is 26.4 Å². The number of amides is 1. The lowest BCUT2D eigenvalue weighted by Gasteiger charge is -2.30. The van der Waals surface area contributed by atoms with Crippen molar-refractivity contribution in [2.75, 3.05) is 32.9 Å². The maximum absolute atomic E-state index is 10.4. The van der Waals surface area contributed by atoms with Crippen molar-refractivity contribution >= 4 is 6.09 Å². The predicted molar refractivity (Wildman–Crippen MR) is 65.1 cm³/mol. The zero-order chi connectivity index (χ0) is 13.3. The summed E-state index contributed by atoms with van der Waals surface area (Å²) in [5.41, 5.74) is 5.15. The largest absolute Gasteiger partial charge is 0.465 e. The zero-order valence-corrected chi connectivity index (χ0v) is 10.9. The van der Waals surface area contributed by atoms with Crippen LogP contribution in [0.4, 0.5) is 4.79 Å². The fourth-order valence-electron chi connectivity index (χ4n) is 1.23. The molecule has 0 aromatic carbocycles. The summed E-state index contributed by atoms with van der Waals surface area (Å²) in [6.45, 7) is 8.18. The lowest BCUT2D eigenvalue weighted by atomic mass is 9.89. The lowest BCUT2D eigenvalue weighted by molar-refractivity contribution is -0.0404. The maximum atomic E-state index is 10.4. The Hall–Kier alpha value is -0.850. The fourth-order valence-corrected chi connectivity index (χ4v) is 1.23. The molecule has 0 spiro atoms. The number of ether oxygens (including phenoxy) is 2. The van der Waals surface area contributed by atoms with E-state index in [2.05, 4.69) is 5.32 Å². The summed E-state index contributed by atoms with van der Waals surface area (Å²) < 4.78 is 10.8. The Balaban J connectivity index is 3.91. The second-order valence-electron chi connectivity index (χ2n) is 4.81. The first-order valence-electron chi connectivity index (χ1n) is 5.74. The van der Waals surface area contributed by atoms with Crippen LogP contribution in [0.3, 0.4) is 0 Å². The Kier molecular flexibility index (Phi) is 7.86. The summed E-state index contributed by atoms with van der Waals surface area (Å²) in [7, 11) is 0. The second-order valence-corrected chi connectivity index (χ2v) is 4.81. The van der Waals surface area contributed by atoms with Gasteiger partial charge in [-0.1, -0.05) is 20.8 Å². The quantitative estimate of drug-likeness (QED) is 0.549. The van der Waals surface area contributed by atoms with E-state index in [-0.39, 0.29) is 18.1 Å². The molecule has 6 heteroatoms. The highest BCUT2D eigenvalue weighted by Gasteiger charge is 2.25. The summed E-state index contributed by atoms with van der Waals surface area (Å²) in [4.78, 5) is 10.4. The molecule has 1 unspecified atom stereocenters. The molecule has 1 amide bonds. The first-order valence-corrected chi connectivity index (χ1v) is 5.74. The number of carboxylic acid groups (broad SMARTS) is 1. The van der Waals surface area contributed by atoms with Crippen LogP contribution >= 0.6 is 0 Å². The standard InChI is InChI=1S/C11H24N2O4/c1-11(2,3)9(8-13-10(14)15)17-7-6-16-5-4-12/h9,13H,4-8,12H2,1-3H3,(H,14,15). The van der Waals surface area contributed by atoms with Gasteiger partial charge in [-0.25, -0.2) is 4.79 Å². The summed E-state index contributed by atoms with van der Waals surface area (Å²) in [6, 6.07) is 0. The molecule has 0 heterocycles. The van der Waals surface area contributed by atoms with Gasteiger partial charge in [0.2, 0.25) is 0 Å². The molecule has 0 aliphatic carbocycles. The van der Waals surface area contributed by atoms with Crippen molar-refractivity contribution in [3.63, 3.8) is 0 Å². The Morgan fingerprint density at radius 1 is 1.35 bits per heavy atom. The third kappa shape index (κ3) is 8.91. The van der Waals surface area contributed by atoms with E-state index in [0.717, 1.165) is 0 Å². The number of hydrogen-bond donors (Lipinski definition) is 3. The van der Waals surface area contributed by atoms with Gasteiger partial charge in [0.15, 0.2) is 0 Å². The summed E-state index contributed by atoms with van der Waals surface area (Å²) in [5, 5.41) is 10.9. The molecule has 6 nitrogen and oxygen atoms in total. The van der Waals surface area contributed by atoms with Crippen LogP contribution in [-0.4, -0.2) is 50.2 Å². The average Bonchev–Trinajstić information content (AvgIpc) is 2.19. The molecule has 0 aromatic heterocycles. The first kappa shape index (κ1) is 16.1. The molecular weight excluding hydrogens is 224 g/mol. The van der Waals surface area contributed by atoms with E-state index in [1.54, 1.807) is 0 Å². The molecule has 17 heavy (non-hydrogen) atoms. The molecule has 0 aliphatic heterocycles. The molecule has 4 N–H and O–H groups in total. The van der Waals surface area contributed by atoms with E-state index in [4.69, 9.17) is 20.3 Å². The normalized spacial score (nSPS) is 13.4. The van der Waals surface area contributed by atoms with E-state index in [1.165, 1.54) is 0 Å². The van der Waals surface area contributed by atoms with Crippen molar-refractivity contribution in [1.29, 1.82) is 0 Å². The molecule has 1 atom stereocenters. The van der Waals surface area contributed by atoms with Gasteiger partial charge in [-0.2, -0.15) is 0 Å². The third-order valence-corrected chi connectivity index (χ3v) is 2.21. The lowest BCUT2D eigenvalue weighted by Crippen LogP contribution is -2.41. The SMILES string of the molecule is CC(C)(C)C(CNC(=O)O)OCCOCCN. The molecule has 102 valence electrons. The Labute approximate surface area is 102 Å². The van der Waals surface area contributed by atoms with E-state index in [9.17, 15) is 4.79 Å². The van der Waals surface area contributed by atoms with Crippen LogP contribution in [0.1, 0.15) is 20.8 Å². The van der Waals surface area contributed by atoms with Crippen LogP contribution in [0.25, 0.3) is 0 Å². The minimum absolute atomic E-state index is 0.129. The van der Waals surface area contributed by atoms with Gasteiger partial charge < -0.3 is 25.6 Å². The van der Waals surface area contributed by atoms with Crippen LogP contribution < -0.4 is 11.1 Å². The number of nitrogens with one attached hydrogen (secondary N) is 1. The highest BCUT2D eigenvalue weighted by atomic mass is 16.5. The monoisotopic (exact) mass is 248 g/mol. The molecule has 0 aliphatic rings. The molecule has 0 radical (unpaired) electrons. The van der Waals surface area contributed by atoms with Gasteiger partial charge in [0, 0.05) is 13.1 Å². The van der Waals surface area contributed by atoms with Gasteiger partial charge in [0.25, 0.3) is 0 Å². The van der Waals surface area contributed by atoms with Crippen LogP contribution in [0.2, 0.25) is 0 Å². The van der Waals surface area contributed by atoms with Crippen molar-refractivity contribution in [2.45, 2.75) is 26.9 Å². The Bertz CT molecular complexity index is 216. The zero-order valence-electron chi connectivity index (χ0n) is 10.9. The number of nitrogens with two attached hydrogens (primary N) is 1. The van der Waals surface area contributed by atoms with Gasteiger partial charge in [-0.15, -0.1) is 0 Å². The van der Waals surface area contributed by atoms with Crippen LogP contribution in [-0.2, 0) is 9.47 Å². The third-order valence-electron chi connectivity index (χ3n) is 2.21. The number of hydrogen-bond acceptors (Lipinski definition) is 4. The second kappa shape index (κ2) is 8.27. The minimum Gasteiger partial charge on any atom is -0.465 e. The van der Waals surface area contributed by atoms with Crippen molar-refractivity contribution in [1.82, 2.24) is 5.32 Å². The van der Waals surface area contributed by atoms with E-state index < -0.39 is 6.09 Å². The molecule has 0 saturated heterocycles.